The number of urea groups is 1. The van der Waals surface area contributed by atoms with Gasteiger partial charge < -0.3 is 10.1 Å². The van der Waals surface area contributed by atoms with Crippen LogP contribution in [0.5, 0.6) is 0 Å². The molecule has 0 saturated carbocycles. The van der Waals surface area contributed by atoms with E-state index in [4.69, 9.17) is 4.74 Å². The van der Waals surface area contributed by atoms with Crippen LogP contribution in [0, 0.1) is 12.8 Å². The second-order valence-electron chi connectivity index (χ2n) is 8.18. The highest BCUT2D eigenvalue weighted by Crippen LogP contribution is 2.34. The summed E-state index contributed by atoms with van der Waals surface area (Å²) in [6.07, 6.45) is 3.93. The van der Waals surface area contributed by atoms with E-state index in [1.807, 2.05) is 31.2 Å². The van der Waals surface area contributed by atoms with E-state index >= 15 is 0 Å². The van der Waals surface area contributed by atoms with E-state index in [0.29, 0.717) is 24.6 Å². The number of nitrogens with zero attached hydrogens (tertiary/aromatic N) is 2. The summed E-state index contributed by atoms with van der Waals surface area (Å²) in [4.78, 5) is 30.2. The number of esters is 1. The van der Waals surface area contributed by atoms with Gasteiger partial charge in [-0.1, -0.05) is 37.3 Å². The van der Waals surface area contributed by atoms with Crippen LogP contribution in [0.3, 0.4) is 0 Å². The minimum atomic E-state index is -0.530. The molecule has 2 amide bonds. The first-order valence-electron chi connectivity index (χ1n) is 10.8. The van der Waals surface area contributed by atoms with Gasteiger partial charge in [0.05, 0.1) is 18.2 Å². The summed E-state index contributed by atoms with van der Waals surface area (Å²) in [5, 5.41) is 3.03. The van der Waals surface area contributed by atoms with Crippen molar-refractivity contribution >= 4 is 12.0 Å². The minimum absolute atomic E-state index is 0.212. The zero-order valence-corrected chi connectivity index (χ0v) is 18.3. The smallest absolute Gasteiger partial charge is 0.338 e. The number of hydrogen-bond donors (Lipinski definition) is 1. The van der Waals surface area contributed by atoms with Gasteiger partial charge in [0, 0.05) is 18.8 Å². The van der Waals surface area contributed by atoms with Crippen LogP contribution in [0.25, 0.3) is 0 Å². The molecule has 0 aromatic heterocycles. The van der Waals surface area contributed by atoms with Crippen molar-refractivity contribution in [2.45, 2.75) is 39.7 Å². The Balaban J connectivity index is 2.09. The number of carbonyl (C=O) groups is 2. The predicted octanol–water partition coefficient (Wildman–Crippen LogP) is 3.80. The maximum Gasteiger partial charge on any atom is 0.338 e. The van der Waals surface area contributed by atoms with Gasteiger partial charge in [-0.15, -0.1) is 6.58 Å². The number of carbonyl (C=O) groups excluding carboxylic acids is 2. The van der Waals surface area contributed by atoms with Crippen molar-refractivity contribution < 1.29 is 14.3 Å². The van der Waals surface area contributed by atoms with Gasteiger partial charge >= 0.3 is 12.0 Å². The van der Waals surface area contributed by atoms with Crippen LogP contribution in [-0.4, -0.2) is 54.6 Å². The van der Waals surface area contributed by atoms with Crippen LogP contribution in [-0.2, 0) is 9.53 Å². The maximum atomic E-state index is 13.2. The number of piperidine rings is 1. The van der Waals surface area contributed by atoms with Crippen molar-refractivity contribution in [3.63, 3.8) is 0 Å². The van der Waals surface area contributed by atoms with Gasteiger partial charge in [0.2, 0.25) is 0 Å². The Morgan fingerprint density at radius 3 is 2.63 bits per heavy atom. The second kappa shape index (κ2) is 9.94. The van der Waals surface area contributed by atoms with E-state index in [2.05, 4.69) is 23.7 Å². The molecule has 1 saturated heterocycles. The lowest BCUT2D eigenvalue weighted by Gasteiger charge is -2.39. The zero-order valence-electron chi connectivity index (χ0n) is 18.3. The molecule has 1 aromatic carbocycles. The summed E-state index contributed by atoms with van der Waals surface area (Å²) in [5.41, 5.74) is 3.18. The summed E-state index contributed by atoms with van der Waals surface area (Å²) < 4.78 is 5.45. The van der Waals surface area contributed by atoms with Gasteiger partial charge in [0.15, 0.2) is 0 Å². The molecule has 3 rings (SSSR count). The van der Waals surface area contributed by atoms with Crippen molar-refractivity contribution in [1.29, 1.82) is 0 Å². The molecule has 1 aromatic rings. The van der Waals surface area contributed by atoms with Gasteiger partial charge in [0.25, 0.3) is 0 Å². The van der Waals surface area contributed by atoms with Crippen molar-refractivity contribution in [2.75, 3.05) is 32.8 Å². The topological polar surface area (TPSA) is 61.9 Å². The number of likely N-dealkylation sites (tertiary alicyclic amines) is 1. The van der Waals surface area contributed by atoms with Crippen LogP contribution in [0.1, 0.15) is 43.9 Å². The molecule has 0 bridgehead atoms. The number of aryl methyl sites for hydroxylation is 1. The summed E-state index contributed by atoms with van der Waals surface area (Å²) in [6.45, 7) is 13.0. The molecule has 2 aliphatic heterocycles. The van der Waals surface area contributed by atoms with E-state index in [9.17, 15) is 9.59 Å². The average Bonchev–Trinajstić information content (AvgIpc) is 2.72. The van der Waals surface area contributed by atoms with Gasteiger partial charge in [-0.2, -0.15) is 0 Å². The van der Waals surface area contributed by atoms with E-state index in [1.165, 1.54) is 0 Å². The molecule has 0 aliphatic carbocycles. The monoisotopic (exact) mass is 411 g/mol. The summed E-state index contributed by atoms with van der Waals surface area (Å²) >= 11 is 0. The third-order valence-electron chi connectivity index (χ3n) is 5.99. The predicted molar refractivity (Wildman–Crippen MR) is 118 cm³/mol. The molecule has 0 unspecified atom stereocenters. The molecule has 2 aliphatic rings. The zero-order chi connectivity index (χ0) is 21.7. The Morgan fingerprint density at radius 1 is 1.30 bits per heavy atom. The molecular weight excluding hydrogens is 378 g/mol. The van der Waals surface area contributed by atoms with Crippen LogP contribution in [0.15, 0.2) is 48.2 Å². The summed E-state index contributed by atoms with van der Waals surface area (Å²) in [6, 6.07) is 7.10. The maximum absolute atomic E-state index is 13.2. The third kappa shape index (κ3) is 4.75. The second-order valence-corrected chi connectivity index (χ2v) is 8.18. The molecule has 1 N–H and O–H groups in total. The van der Waals surface area contributed by atoms with Crippen LogP contribution >= 0.6 is 0 Å². The normalized spacial score (nSPS) is 20.8. The number of benzene rings is 1. The Labute approximate surface area is 179 Å². The highest BCUT2D eigenvalue weighted by Gasteiger charge is 2.39. The number of rotatable bonds is 7. The molecule has 1 fully saturated rings. The van der Waals surface area contributed by atoms with Crippen molar-refractivity contribution in [2.24, 2.45) is 5.92 Å². The molecule has 2 heterocycles. The fraction of sp³-hybridized carbons (Fsp3) is 0.500. The Kier molecular flexibility index (Phi) is 7.32. The molecule has 30 heavy (non-hydrogen) atoms. The molecular formula is C24H33N3O3. The SMILES string of the molecule is C=CCN1C(=O)N[C@H](c2ccccc2C)C(C(=O)OCC)=C1CN1CCC(C)CC1. The van der Waals surface area contributed by atoms with Crippen molar-refractivity contribution in [3.8, 4) is 0 Å². The van der Waals surface area contributed by atoms with Gasteiger partial charge in [-0.3, -0.25) is 9.80 Å². The quantitative estimate of drug-likeness (QED) is 0.548. The standard InChI is InChI=1S/C24H33N3O3/c1-5-13-27-20(16-26-14-11-17(3)12-15-26)21(23(28)30-6-2)22(25-24(27)29)19-10-8-7-9-18(19)4/h5,7-10,17,22H,1,6,11-16H2,2-4H3,(H,25,29)/t22-/m1/s1. The first-order valence-corrected chi connectivity index (χ1v) is 10.8. The fourth-order valence-corrected chi connectivity index (χ4v) is 4.22. The first-order chi connectivity index (χ1) is 14.5. The van der Waals surface area contributed by atoms with Crippen LogP contribution in [0.2, 0.25) is 0 Å². The van der Waals surface area contributed by atoms with Crippen LogP contribution < -0.4 is 5.32 Å². The summed E-state index contributed by atoms with van der Waals surface area (Å²) in [7, 11) is 0. The summed E-state index contributed by atoms with van der Waals surface area (Å²) in [5.74, 6) is 0.332. The molecule has 1 atom stereocenters. The molecule has 6 heteroatoms. The van der Waals surface area contributed by atoms with Gasteiger partial charge in [-0.25, -0.2) is 9.59 Å². The van der Waals surface area contributed by atoms with E-state index in [1.54, 1.807) is 17.9 Å². The van der Waals surface area contributed by atoms with E-state index < -0.39 is 6.04 Å². The molecule has 6 nitrogen and oxygen atoms in total. The largest absolute Gasteiger partial charge is 0.463 e. The Morgan fingerprint density at radius 2 is 2.00 bits per heavy atom. The third-order valence-corrected chi connectivity index (χ3v) is 5.99. The van der Waals surface area contributed by atoms with Crippen molar-refractivity contribution in [3.05, 3.63) is 59.3 Å². The fourth-order valence-electron chi connectivity index (χ4n) is 4.22. The number of amides is 2. The van der Waals surface area contributed by atoms with Gasteiger partial charge in [0.1, 0.15) is 0 Å². The van der Waals surface area contributed by atoms with E-state index in [0.717, 1.165) is 42.8 Å². The van der Waals surface area contributed by atoms with Gasteiger partial charge in [-0.05, 0) is 56.8 Å². The number of ether oxygens (including phenoxy) is 1. The lowest BCUT2D eigenvalue weighted by Crippen LogP contribution is -2.51. The lowest BCUT2D eigenvalue weighted by molar-refractivity contribution is -0.139. The highest BCUT2D eigenvalue weighted by atomic mass is 16.5. The Bertz CT molecular complexity index is 825. The van der Waals surface area contributed by atoms with Crippen LogP contribution in [0.4, 0.5) is 4.79 Å². The first kappa shape index (κ1) is 22.1. The molecule has 0 radical (unpaired) electrons. The highest BCUT2D eigenvalue weighted by molar-refractivity contribution is 5.95. The minimum Gasteiger partial charge on any atom is -0.463 e. The van der Waals surface area contributed by atoms with E-state index in [-0.39, 0.29) is 18.6 Å². The molecule has 162 valence electrons. The lowest BCUT2D eigenvalue weighted by atomic mass is 9.91. The molecule has 0 spiro atoms. The average molecular weight is 412 g/mol. The number of hydrogen-bond acceptors (Lipinski definition) is 4. The number of nitrogens with one attached hydrogen (secondary N) is 1. The van der Waals surface area contributed by atoms with Crippen molar-refractivity contribution in [1.82, 2.24) is 15.1 Å². The Hall–Kier alpha value is -2.60.